The zero-order valence-electron chi connectivity index (χ0n) is 17.8. The third-order valence-corrected chi connectivity index (χ3v) is 6.08. The van der Waals surface area contributed by atoms with Crippen molar-refractivity contribution in [1.29, 1.82) is 0 Å². The summed E-state index contributed by atoms with van der Waals surface area (Å²) in [5.74, 6) is 0.516. The van der Waals surface area contributed by atoms with Crippen molar-refractivity contribution >= 4 is 17.2 Å². The SMILES string of the molecule is O=C(NCc1cn2cc(CNCCC3CCC3)ccc2n1)c1cc(=O)n2ccccc2n1. The highest BCUT2D eigenvalue weighted by Gasteiger charge is 2.16. The van der Waals surface area contributed by atoms with Crippen LogP contribution >= 0.6 is 0 Å². The van der Waals surface area contributed by atoms with Crippen molar-refractivity contribution in [2.45, 2.75) is 38.8 Å². The summed E-state index contributed by atoms with van der Waals surface area (Å²) in [4.78, 5) is 33.6. The van der Waals surface area contributed by atoms with Gasteiger partial charge in [0.05, 0.1) is 12.2 Å². The molecule has 4 heterocycles. The number of carbonyl (C=O) groups is 1. The van der Waals surface area contributed by atoms with Gasteiger partial charge in [0.15, 0.2) is 0 Å². The summed E-state index contributed by atoms with van der Waals surface area (Å²) >= 11 is 0. The van der Waals surface area contributed by atoms with Crippen LogP contribution in [-0.4, -0.2) is 31.2 Å². The Kier molecular flexibility index (Phi) is 5.68. The van der Waals surface area contributed by atoms with Gasteiger partial charge in [-0.2, -0.15) is 0 Å². The van der Waals surface area contributed by atoms with Crippen molar-refractivity contribution in [3.8, 4) is 0 Å². The molecule has 0 unspecified atom stereocenters. The minimum atomic E-state index is -0.401. The molecule has 0 spiro atoms. The minimum Gasteiger partial charge on any atom is -0.345 e. The van der Waals surface area contributed by atoms with Gasteiger partial charge in [0.2, 0.25) is 0 Å². The molecule has 4 aromatic rings. The Morgan fingerprint density at radius 2 is 1.97 bits per heavy atom. The first-order valence-corrected chi connectivity index (χ1v) is 11.1. The molecule has 0 aliphatic heterocycles. The van der Waals surface area contributed by atoms with Gasteiger partial charge in [-0.1, -0.05) is 31.4 Å². The van der Waals surface area contributed by atoms with Crippen LogP contribution in [0.3, 0.4) is 0 Å². The zero-order valence-corrected chi connectivity index (χ0v) is 17.8. The van der Waals surface area contributed by atoms with Crippen molar-refractivity contribution < 1.29 is 4.79 Å². The number of nitrogens with zero attached hydrogens (tertiary/aromatic N) is 4. The second-order valence-electron chi connectivity index (χ2n) is 8.39. The van der Waals surface area contributed by atoms with E-state index >= 15 is 0 Å². The second kappa shape index (κ2) is 8.92. The lowest BCUT2D eigenvalue weighted by Gasteiger charge is -2.25. The Hall–Kier alpha value is -3.52. The van der Waals surface area contributed by atoms with Crippen LogP contribution in [0.25, 0.3) is 11.3 Å². The van der Waals surface area contributed by atoms with E-state index in [2.05, 4.69) is 32.9 Å². The number of hydrogen-bond donors (Lipinski definition) is 2. The molecule has 1 amide bonds. The van der Waals surface area contributed by atoms with Crippen molar-refractivity contribution in [3.63, 3.8) is 0 Å². The third kappa shape index (κ3) is 4.40. The molecule has 0 atom stereocenters. The van der Waals surface area contributed by atoms with Crippen molar-refractivity contribution in [2.24, 2.45) is 5.92 Å². The van der Waals surface area contributed by atoms with E-state index in [9.17, 15) is 9.59 Å². The molecular weight excluding hydrogens is 404 g/mol. The summed E-state index contributed by atoms with van der Waals surface area (Å²) < 4.78 is 3.38. The van der Waals surface area contributed by atoms with Gasteiger partial charge in [0, 0.05) is 31.2 Å². The van der Waals surface area contributed by atoms with Crippen LogP contribution in [0.5, 0.6) is 0 Å². The Labute approximate surface area is 185 Å². The van der Waals surface area contributed by atoms with E-state index in [1.807, 2.05) is 16.7 Å². The molecule has 0 aromatic carbocycles. The summed E-state index contributed by atoms with van der Waals surface area (Å²) in [7, 11) is 0. The number of rotatable bonds is 8. The maximum absolute atomic E-state index is 12.5. The van der Waals surface area contributed by atoms with Crippen LogP contribution in [0.2, 0.25) is 0 Å². The van der Waals surface area contributed by atoms with E-state index in [0.29, 0.717) is 5.65 Å². The molecule has 1 fully saturated rings. The fourth-order valence-corrected chi connectivity index (χ4v) is 4.03. The first-order valence-electron chi connectivity index (χ1n) is 11.1. The third-order valence-electron chi connectivity index (χ3n) is 6.08. The predicted molar refractivity (Wildman–Crippen MR) is 121 cm³/mol. The summed E-state index contributed by atoms with van der Waals surface area (Å²) in [5, 5.41) is 6.33. The fraction of sp³-hybridized carbons (Fsp3) is 0.333. The van der Waals surface area contributed by atoms with Gasteiger partial charge < -0.3 is 15.0 Å². The first kappa shape index (κ1) is 20.4. The van der Waals surface area contributed by atoms with Gasteiger partial charge >= 0.3 is 0 Å². The quantitative estimate of drug-likeness (QED) is 0.419. The van der Waals surface area contributed by atoms with Gasteiger partial charge in [0.1, 0.15) is 17.0 Å². The molecule has 0 radical (unpaired) electrons. The smallest absolute Gasteiger partial charge is 0.270 e. The van der Waals surface area contributed by atoms with Crippen LogP contribution in [-0.2, 0) is 13.1 Å². The number of imidazole rings is 1. The van der Waals surface area contributed by atoms with E-state index in [1.54, 1.807) is 24.4 Å². The molecule has 32 heavy (non-hydrogen) atoms. The second-order valence-corrected chi connectivity index (χ2v) is 8.39. The van der Waals surface area contributed by atoms with E-state index in [1.165, 1.54) is 41.7 Å². The molecule has 2 N–H and O–H groups in total. The van der Waals surface area contributed by atoms with Crippen LogP contribution in [0, 0.1) is 5.92 Å². The number of carbonyl (C=O) groups excluding carboxylic acids is 1. The fourth-order valence-electron chi connectivity index (χ4n) is 4.03. The van der Waals surface area contributed by atoms with Crippen LogP contribution in [0.1, 0.15) is 47.4 Å². The number of amides is 1. The number of hydrogen-bond acceptors (Lipinski definition) is 5. The van der Waals surface area contributed by atoms with Gasteiger partial charge in [-0.25, -0.2) is 9.97 Å². The lowest BCUT2D eigenvalue weighted by atomic mass is 9.83. The topological polar surface area (TPSA) is 92.8 Å². The molecule has 8 heteroatoms. The van der Waals surface area contributed by atoms with E-state index in [0.717, 1.165) is 30.3 Å². The van der Waals surface area contributed by atoms with Crippen LogP contribution < -0.4 is 16.2 Å². The Morgan fingerprint density at radius 3 is 2.81 bits per heavy atom. The normalized spacial score (nSPS) is 14.0. The Bertz CT molecular complexity index is 1320. The zero-order chi connectivity index (χ0) is 21.9. The first-order chi connectivity index (χ1) is 15.7. The van der Waals surface area contributed by atoms with Crippen molar-refractivity contribution in [3.05, 3.63) is 82.3 Å². The monoisotopic (exact) mass is 430 g/mol. The Balaban J connectivity index is 1.20. The highest BCUT2D eigenvalue weighted by Crippen LogP contribution is 2.28. The molecule has 5 rings (SSSR count). The summed E-state index contributed by atoms with van der Waals surface area (Å²) in [6.07, 6.45) is 11.0. The highest BCUT2D eigenvalue weighted by molar-refractivity contribution is 5.92. The molecule has 1 aliphatic carbocycles. The summed E-state index contributed by atoms with van der Waals surface area (Å²) in [5.41, 5.74) is 3.01. The van der Waals surface area contributed by atoms with Gasteiger partial charge in [0.25, 0.3) is 11.5 Å². The van der Waals surface area contributed by atoms with E-state index in [-0.39, 0.29) is 17.8 Å². The molecule has 1 saturated carbocycles. The molecule has 1 aliphatic rings. The largest absolute Gasteiger partial charge is 0.345 e. The molecular formula is C24H26N6O2. The maximum Gasteiger partial charge on any atom is 0.270 e. The van der Waals surface area contributed by atoms with Crippen LogP contribution in [0.4, 0.5) is 0 Å². The van der Waals surface area contributed by atoms with Crippen LogP contribution in [0.15, 0.2) is 59.8 Å². The highest BCUT2D eigenvalue weighted by atomic mass is 16.2. The molecule has 0 saturated heterocycles. The van der Waals surface area contributed by atoms with E-state index in [4.69, 9.17) is 0 Å². The van der Waals surface area contributed by atoms with Gasteiger partial charge in [-0.3, -0.25) is 14.0 Å². The molecule has 8 nitrogen and oxygen atoms in total. The molecule has 4 aromatic heterocycles. The minimum absolute atomic E-state index is 0.0974. The maximum atomic E-state index is 12.5. The van der Waals surface area contributed by atoms with E-state index < -0.39 is 5.91 Å². The van der Waals surface area contributed by atoms with Crippen molar-refractivity contribution in [2.75, 3.05) is 6.54 Å². The number of aromatic nitrogens is 4. The number of fused-ring (bicyclic) bond motifs is 2. The number of pyridine rings is 2. The summed E-state index contributed by atoms with van der Waals surface area (Å²) in [6, 6.07) is 10.5. The van der Waals surface area contributed by atoms with Crippen molar-refractivity contribution in [1.82, 2.24) is 29.4 Å². The average molecular weight is 431 g/mol. The summed E-state index contributed by atoms with van der Waals surface area (Å²) in [6.45, 7) is 2.14. The lowest BCUT2D eigenvalue weighted by Crippen LogP contribution is -2.27. The predicted octanol–water partition coefficient (Wildman–Crippen LogP) is 2.55. The Morgan fingerprint density at radius 1 is 1.06 bits per heavy atom. The van der Waals surface area contributed by atoms with Gasteiger partial charge in [-0.05, 0) is 42.6 Å². The van der Waals surface area contributed by atoms with Gasteiger partial charge in [-0.15, -0.1) is 0 Å². The lowest BCUT2D eigenvalue weighted by molar-refractivity contribution is 0.0945. The average Bonchev–Trinajstić information content (AvgIpc) is 3.18. The standard InChI is InChI=1S/C24H26N6O2/c31-23-12-20(28-22-6-1-2-11-30(22)23)24(32)26-14-19-16-29-15-18(7-8-21(29)27-19)13-25-10-9-17-4-3-5-17/h1-2,6-8,11-12,15-17,25H,3-5,9-10,13-14H2,(H,26,32). The number of nitrogens with one attached hydrogen (secondary N) is 2. The molecule has 0 bridgehead atoms. The molecule has 164 valence electrons.